The molecule has 2 aromatic carbocycles. The van der Waals surface area contributed by atoms with E-state index in [1.165, 1.54) is 0 Å². The summed E-state index contributed by atoms with van der Waals surface area (Å²) in [6.45, 7) is 0.473. The number of aromatic carboxylic acids is 2. The minimum Gasteiger partial charge on any atom is -0.545 e. The van der Waals surface area contributed by atoms with Crippen LogP contribution >= 0.6 is 0 Å². The van der Waals surface area contributed by atoms with E-state index in [2.05, 4.69) is 19.9 Å². The third-order valence-corrected chi connectivity index (χ3v) is 4.82. The molecule has 2 N–H and O–H groups in total. The largest absolute Gasteiger partial charge is 1.00 e. The van der Waals surface area contributed by atoms with Crippen LogP contribution in [0.3, 0.4) is 0 Å². The Hall–Kier alpha value is -3.26. The van der Waals surface area contributed by atoms with Crippen LogP contribution in [0, 0.1) is 0 Å². The smallest absolute Gasteiger partial charge is 0.545 e. The number of benzene rings is 2. The maximum atomic E-state index is 10.8. The number of carbonyl (C=O) groups excluding carboxylic acids is 2. The molecule has 0 unspecified atom stereocenters. The Kier molecular flexibility index (Phi) is 11.4. The molecule has 38 heavy (non-hydrogen) atoms. The van der Waals surface area contributed by atoms with Crippen LogP contribution in [0.25, 0.3) is 22.8 Å². The average molecular weight is 534 g/mol. The van der Waals surface area contributed by atoms with Crippen molar-refractivity contribution in [2.24, 2.45) is 0 Å². The Morgan fingerprint density at radius 1 is 0.658 bits per heavy atom. The molecule has 0 amide bonds. The number of aromatic hydroxyl groups is 2. The summed E-state index contributed by atoms with van der Waals surface area (Å²) < 4.78 is 11.3. The predicted molar refractivity (Wildman–Crippen MR) is 118 cm³/mol. The van der Waals surface area contributed by atoms with Crippen LogP contribution in [-0.4, -0.2) is 55.3 Å². The van der Waals surface area contributed by atoms with E-state index in [1.807, 2.05) is 0 Å². The van der Waals surface area contributed by atoms with Gasteiger partial charge in [-0.25, -0.2) is 9.97 Å². The van der Waals surface area contributed by atoms with E-state index in [0.29, 0.717) is 22.6 Å². The summed E-state index contributed by atoms with van der Waals surface area (Å²) >= 11 is 0. The fourth-order valence-corrected chi connectivity index (χ4v) is 3.03. The molecule has 2 heterocycles. The Bertz CT molecular complexity index is 1310. The van der Waals surface area contributed by atoms with Gasteiger partial charge in [-0.05, 0) is 48.5 Å². The zero-order valence-corrected chi connectivity index (χ0v) is 24.3. The molecule has 2 aromatic heterocycles. The molecule has 4 aromatic rings. The zero-order chi connectivity index (χ0) is 25.7. The van der Waals surface area contributed by atoms with Crippen LogP contribution in [0.4, 0.5) is 0 Å². The quantitative estimate of drug-likeness (QED) is 0.153. The molecule has 0 aliphatic heterocycles. The SMILES string of the molecule is O=C([O-])c1cnc(-c2ccc(OCCOc3ccc(-c4ncc(C(=O)[O-])c(O)n4)cc3)cc2)nc1O.[Na+].[Na+]. The number of ether oxygens (including phenoxy) is 2. The van der Waals surface area contributed by atoms with Crippen molar-refractivity contribution in [3.05, 3.63) is 72.1 Å². The van der Waals surface area contributed by atoms with Gasteiger partial charge in [0.15, 0.2) is 11.6 Å². The normalized spacial score (nSPS) is 10.0. The summed E-state index contributed by atoms with van der Waals surface area (Å²) in [5.41, 5.74) is 0.109. The van der Waals surface area contributed by atoms with Crippen LogP contribution in [-0.2, 0) is 0 Å². The van der Waals surface area contributed by atoms with E-state index < -0.39 is 34.8 Å². The van der Waals surface area contributed by atoms with Crippen molar-refractivity contribution in [1.29, 1.82) is 0 Å². The fourth-order valence-electron chi connectivity index (χ4n) is 3.03. The second-order valence-electron chi connectivity index (χ2n) is 7.18. The molecule has 0 radical (unpaired) electrons. The third kappa shape index (κ3) is 7.63. The molecule has 4 rings (SSSR count). The number of carbonyl (C=O) groups is 2. The molecule has 14 heteroatoms. The van der Waals surface area contributed by atoms with Gasteiger partial charge in [-0.2, -0.15) is 9.97 Å². The standard InChI is InChI=1S/C24H18N4O8.2Na/c29-21-17(23(31)32)11-25-19(27-21)13-1-5-15(6-2-13)35-9-10-36-16-7-3-14(4-8-16)20-26-12-18(24(33)34)22(30)28-20;;/h1-8,11-12H,9-10H2,(H,31,32)(H,33,34)(H,25,27,29)(H,26,28,30);;/q;2*+1/p-2. The molecular weight excluding hydrogens is 518 g/mol. The first-order chi connectivity index (χ1) is 17.3. The minimum atomic E-state index is -1.57. The number of hydrogen-bond donors (Lipinski definition) is 2. The van der Waals surface area contributed by atoms with Gasteiger partial charge >= 0.3 is 59.1 Å². The summed E-state index contributed by atoms with van der Waals surface area (Å²) in [6.07, 6.45) is 1.95. The maximum Gasteiger partial charge on any atom is 1.00 e. The molecule has 0 aliphatic rings. The molecule has 0 fully saturated rings. The second-order valence-corrected chi connectivity index (χ2v) is 7.18. The molecule has 0 saturated carbocycles. The summed E-state index contributed by atoms with van der Waals surface area (Å²) in [4.78, 5) is 37.0. The van der Waals surface area contributed by atoms with Gasteiger partial charge in [0.1, 0.15) is 24.7 Å². The topological polar surface area (TPSA) is 191 Å². The average Bonchev–Trinajstić information content (AvgIpc) is 2.87. The van der Waals surface area contributed by atoms with Crippen molar-refractivity contribution < 1.29 is 98.6 Å². The van der Waals surface area contributed by atoms with Gasteiger partial charge in [0.2, 0.25) is 11.8 Å². The van der Waals surface area contributed by atoms with Crippen molar-refractivity contribution in [1.82, 2.24) is 19.9 Å². The number of nitrogens with zero attached hydrogens (tertiary/aromatic N) is 4. The molecule has 0 spiro atoms. The summed E-state index contributed by atoms with van der Waals surface area (Å²) in [6, 6.07) is 13.3. The van der Waals surface area contributed by atoms with Gasteiger partial charge < -0.3 is 39.5 Å². The Morgan fingerprint density at radius 3 is 1.29 bits per heavy atom. The van der Waals surface area contributed by atoms with E-state index >= 15 is 0 Å². The second kappa shape index (κ2) is 14.0. The van der Waals surface area contributed by atoms with E-state index in [-0.39, 0.29) is 84.0 Å². The van der Waals surface area contributed by atoms with Crippen LogP contribution in [0.15, 0.2) is 60.9 Å². The Morgan fingerprint density at radius 2 is 1.00 bits per heavy atom. The van der Waals surface area contributed by atoms with E-state index in [9.17, 15) is 30.0 Å². The van der Waals surface area contributed by atoms with Crippen molar-refractivity contribution in [3.8, 4) is 46.0 Å². The Labute approximate surface area is 259 Å². The van der Waals surface area contributed by atoms with Gasteiger partial charge in [0.25, 0.3) is 0 Å². The number of carboxylic acid groups (broad SMARTS) is 2. The van der Waals surface area contributed by atoms with Gasteiger partial charge in [-0.3, -0.25) is 0 Å². The monoisotopic (exact) mass is 534 g/mol. The molecule has 12 nitrogen and oxygen atoms in total. The van der Waals surface area contributed by atoms with Gasteiger partial charge in [0, 0.05) is 23.5 Å². The van der Waals surface area contributed by atoms with Gasteiger partial charge in [0.05, 0.1) is 23.1 Å². The summed E-state index contributed by atoms with van der Waals surface area (Å²) in [7, 11) is 0. The van der Waals surface area contributed by atoms with E-state index in [1.54, 1.807) is 48.5 Å². The summed E-state index contributed by atoms with van der Waals surface area (Å²) in [5.74, 6) is -3.11. The number of hydrogen-bond acceptors (Lipinski definition) is 12. The molecule has 0 bridgehead atoms. The van der Waals surface area contributed by atoms with Gasteiger partial charge in [-0.15, -0.1) is 0 Å². The number of aromatic nitrogens is 4. The summed E-state index contributed by atoms with van der Waals surface area (Å²) in [5, 5.41) is 41.0. The molecule has 0 atom stereocenters. The van der Waals surface area contributed by atoms with Crippen molar-refractivity contribution in [2.45, 2.75) is 0 Å². The van der Waals surface area contributed by atoms with Gasteiger partial charge in [-0.1, -0.05) is 0 Å². The van der Waals surface area contributed by atoms with E-state index in [0.717, 1.165) is 12.4 Å². The van der Waals surface area contributed by atoms with Crippen molar-refractivity contribution >= 4 is 11.9 Å². The van der Waals surface area contributed by atoms with Crippen molar-refractivity contribution in [3.63, 3.8) is 0 Å². The minimum absolute atomic E-state index is 0. The Balaban J connectivity index is 0.00000253. The number of carboxylic acids is 2. The third-order valence-electron chi connectivity index (χ3n) is 4.82. The molecule has 0 aliphatic carbocycles. The zero-order valence-electron chi connectivity index (χ0n) is 20.3. The van der Waals surface area contributed by atoms with Crippen LogP contribution in [0.5, 0.6) is 23.3 Å². The predicted octanol–water partition coefficient (Wildman–Crippen LogP) is -5.80. The molecule has 182 valence electrons. The fraction of sp³-hybridized carbons (Fsp3) is 0.0833. The first kappa shape index (κ1) is 31.0. The van der Waals surface area contributed by atoms with Crippen LogP contribution < -0.4 is 78.8 Å². The van der Waals surface area contributed by atoms with E-state index in [4.69, 9.17) is 9.47 Å². The first-order valence-corrected chi connectivity index (χ1v) is 10.3. The molecular formula is C24H16N4Na2O8. The number of rotatable bonds is 9. The first-order valence-electron chi connectivity index (χ1n) is 10.3. The molecule has 0 saturated heterocycles. The van der Waals surface area contributed by atoms with Crippen molar-refractivity contribution in [2.75, 3.05) is 13.2 Å². The van der Waals surface area contributed by atoms with Crippen LogP contribution in [0.1, 0.15) is 20.7 Å². The van der Waals surface area contributed by atoms with Crippen LogP contribution in [0.2, 0.25) is 0 Å². The maximum absolute atomic E-state index is 10.8.